The van der Waals surface area contributed by atoms with Gasteiger partial charge in [0.15, 0.2) is 0 Å². The lowest BCUT2D eigenvalue weighted by atomic mass is 10.3. The molecule has 1 rings (SSSR count). The average molecular weight is 226 g/mol. The van der Waals surface area contributed by atoms with E-state index < -0.39 is 0 Å². The van der Waals surface area contributed by atoms with Crippen LogP contribution in [-0.4, -0.2) is 25.4 Å². The maximum Gasteiger partial charge on any atom is 0.302 e. The van der Waals surface area contributed by atoms with Crippen LogP contribution >= 0.6 is 11.8 Å². The molecule has 0 heterocycles. The van der Waals surface area contributed by atoms with E-state index in [0.717, 1.165) is 16.4 Å². The number of carbonyl (C=O) groups is 1. The van der Waals surface area contributed by atoms with Crippen LogP contribution < -0.4 is 4.74 Å². The number of rotatable bonds is 5. The molecule has 0 bridgehead atoms. The van der Waals surface area contributed by atoms with Gasteiger partial charge >= 0.3 is 5.97 Å². The molecule has 4 heteroatoms. The molecule has 1 aromatic rings. The summed E-state index contributed by atoms with van der Waals surface area (Å²) in [5.74, 6) is 1.39. The molecule has 0 saturated heterocycles. The van der Waals surface area contributed by atoms with Gasteiger partial charge in [0.1, 0.15) is 12.4 Å². The van der Waals surface area contributed by atoms with E-state index in [4.69, 9.17) is 9.47 Å². The Morgan fingerprint density at radius 3 is 2.53 bits per heavy atom. The Morgan fingerprint density at radius 2 is 2.00 bits per heavy atom. The molecular formula is C11H14O3S. The summed E-state index contributed by atoms with van der Waals surface area (Å²) in [5.41, 5.74) is 0. The summed E-state index contributed by atoms with van der Waals surface area (Å²) in [5, 5.41) is 0. The van der Waals surface area contributed by atoms with Crippen molar-refractivity contribution >= 4 is 17.7 Å². The van der Waals surface area contributed by atoms with E-state index in [0.29, 0.717) is 6.61 Å². The van der Waals surface area contributed by atoms with Crippen LogP contribution in [-0.2, 0) is 9.53 Å². The van der Waals surface area contributed by atoms with Gasteiger partial charge in [-0.3, -0.25) is 4.79 Å². The van der Waals surface area contributed by atoms with Gasteiger partial charge in [-0.05, 0) is 24.3 Å². The molecule has 82 valence electrons. The van der Waals surface area contributed by atoms with Crippen molar-refractivity contribution in [2.75, 3.05) is 19.5 Å². The van der Waals surface area contributed by atoms with Crippen molar-refractivity contribution in [3.8, 4) is 5.75 Å². The molecule has 0 aliphatic rings. The Morgan fingerprint density at radius 1 is 1.33 bits per heavy atom. The third kappa shape index (κ3) is 4.74. The zero-order valence-electron chi connectivity index (χ0n) is 8.86. The van der Waals surface area contributed by atoms with Gasteiger partial charge in [-0.1, -0.05) is 0 Å². The van der Waals surface area contributed by atoms with Crippen LogP contribution in [0, 0.1) is 0 Å². The molecule has 0 aliphatic heterocycles. The van der Waals surface area contributed by atoms with Crippen LogP contribution in [0.15, 0.2) is 29.2 Å². The summed E-state index contributed by atoms with van der Waals surface area (Å²) in [7, 11) is 1.64. The zero-order chi connectivity index (χ0) is 11.1. The van der Waals surface area contributed by atoms with Gasteiger partial charge in [0.05, 0.1) is 7.11 Å². The van der Waals surface area contributed by atoms with E-state index in [1.54, 1.807) is 18.9 Å². The predicted octanol–water partition coefficient (Wildman–Crippen LogP) is 2.35. The number of esters is 1. The summed E-state index contributed by atoms with van der Waals surface area (Å²) in [6, 6.07) is 7.79. The van der Waals surface area contributed by atoms with Crippen LogP contribution in [0.2, 0.25) is 0 Å². The summed E-state index contributed by atoms with van der Waals surface area (Å²) in [6.45, 7) is 1.87. The first-order valence-corrected chi connectivity index (χ1v) is 5.61. The molecule has 0 amide bonds. The molecule has 15 heavy (non-hydrogen) atoms. The van der Waals surface area contributed by atoms with Gasteiger partial charge in [-0.2, -0.15) is 0 Å². The maximum absolute atomic E-state index is 10.5. The summed E-state index contributed by atoms with van der Waals surface area (Å²) < 4.78 is 9.87. The average Bonchev–Trinajstić information content (AvgIpc) is 2.25. The standard InChI is InChI=1S/C11H14O3S/c1-9(12)14-7-8-15-11-5-3-10(13-2)4-6-11/h3-6H,7-8H2,1-2H3. The minimum atomic E-state index is -0.231. The second-order valence-corrected chi connectivity index (χ2v) is 4.03. The van der Waals surface area contributed by atoms with Gasteiger partial charge in [-0.25, -0.2) is 0 Å². The van der Waals surface area contributed by atoms with Gasteiger partial charge < -0.3 is 9.47 Å². The van der Waals surface area contributed by atoms with E-state index in [1.165, 1.54) is 6.92 Å². The van der Waals surface area contributed by atoms with Crippen molar-refractivity contribution in [3.63, 3.8) is 0 Å². The molecule has 0 aromatic heterocycles. The van der Waals surface area contributed by atoms with Gasteiger partial charge in [0.2, 0.25) is 0 Å². The highest BCUT2D eigenvalue weighted by Crippen LogP contribution is 2.20. The number of hydrogen-bond acceptors (Lipinski definition) is 4. The second-order valence-electron chi connectivity index (χ2n) is 2.86. The van der Waals surface area contributed by atoms with Crippen LogP contribution in [0.25, 0.3) is 0 Å². The Kier molecular flexibility index (Phi) is 5.04. The first-order valence-electron chi connectivity index (χ1n) is 4.62. The van der Waals surface area contributed by atoms with E-state index in [2.05, 4.69) is 0 Å². The molecule has 1 aromatic carbocycles. The normalized spacial score (nSPS) is 9.73. The van der Waals surface area contributed by atoms with Crippen LogP contribution in [0.5, 0.6) is 5.75 Å². The van der Waals surface area contributed by atoms with Crippen molar-refractivity contribution in [1.82, 2.24) is 0 Å². The fraction of sp³-hybridized carbons (Fsp3) is 0.364. The molecule has 3 nitrogen and oxygen atoms in total. The Labute approximate surface area is 93.8 Å². The topological polar surface area (TPSA) is 35.5 Å². The van der Waals surface area contributed by atoms with Crippen LogP contribution in [0.1, 0.15) is 6.92 Å². The molecule has 0 fully saturated rings. The highest BCUT2D eigenvalue weighted by Gasteiger charge is 1.96. The summed E-state index contributed by atoms with van der Waals surface area (Å²) in [6.07, 6.45) is 0. The number of carbonyl (C=O) groups excluding carboxylic acids is 1. The fourth-order valence-electron chi connectivity index (χ4n) is 1.02. The van der Waals surface area contributed by atoms with Crippen molar-refractivity contribution in [3.05, 3.63) is 24.3 Å². The smallest absolute Gasteiger partial charge is 0.302 e. The number of hydrogen-bond donors (Lipinski definition) is 0. The minimum absolute atomic E-state index is 0.231. The van der Waals surface area contributed by atoms with Crippen molar-refractivity contribution in [2.45, 2.75) is 11.8 Å². The number of benzene rings is 1. The van der Waals surface area contributed by atoms with E-state index >= 15 is 0 Å². The monoisotopic (exact) mass is 226 g/mol. The van der Waals surface area contributed by atoms with Gasteiger partial charge in [0.25, 0.3) is 0 Å². The summed E-state index contributed by atoms with van der Waals surface area (Å²) >= 11 is 1.65. The lowest BCUT2D eigenvalue weighted by Gasteiger charge is -2.03. The first kappa shape index (κ1) is 11.9. The fourth-order valence-corrected chi connectivity index (χ4v) is 1.75. The second kappa shape index (κ2) is 6.35. The number of ether oxygens (including phenoxy) is 2. The largest absolute Gasteiger partial charge is 0.497 e. The Hall–Kier alpha value is -1.16. The first-order chi connectivity index (χ1) is 7.22. The molecule has 0 radical (unpaired) electrons. The molecule has 0 spiro atoms. The van der Waals surface area contributed by atoms with Crippen LogP contribution in [0.4, 0.5) is 0 Å². The van der Waals surface area contributed by atoms with Crippen molar-refractivity contribution in [1.29, 1.82) is 0 Å². The van der Waals surface area contributed by atoms with Crippen molar-refractivity contribution < 1.29 is 14.3 Å². The zero-order valence-corrected chi connectivity index (χ0v) is 9.67. The number of methoxy groups -OCH3 is 1. The molecule has 0 aliphatic carbocycles. The molecule has 0 unspecified atom stereocenters. The van der Waals surface area contributed by atoms with Gasteiger partial charge in [-0.15, -0.1) is 11.8 Å². The summed E-state index contributed by atoms with van der Waals surface area (Å²) in [4.78, 5) is 11.6. The number of thioether (sulfide) groups is 1. The lowest BCUT2D eigenvalue weighted by Crippen LogP contribution is -2.02. The minimum Gasteiger partial charge on any atom is -0.497 e. The Bertz CT molecular complexity index is 308. The van der Waals surface area contributed by atoms with Crippen molar-refractivity contribution in [2.24, 2.45) is 0 Å². The maximum atomic E-state index is 10.5. The van der Waals surface area contributed by atoms with Crippen LogP contribution in [0.3, 0.4) is 0 Å². The lowest BCUT2D eigenvalue weighted by molar-refractivity contribution is -0.140. The highest BCUT2D eigenvalue weighted by molar-refractivity contribution is 7.99. The van der Waals surface area contributed by atoms with E-state index in [-0.39, 0.29) is 5.97 Å². The molecule has 0 atom stereocenters. The third-order valence-corrected chi connectivity index (χ3v) is 2.69. The quantitative estimate of drug-likeness (QED) is 0.438. The SMILES string of the molecule is COc1ccc(SCCOC(C)=O)cc1. The van der Waals surface area contributed by atoms with Gasteiger partial charge in [0, 0.05) is 17.6 Å². The van der Waals surface area contributed by atoms with E-state index in [1.807, 2.05) is 24.3 Å². The van der Waals surface area contributed by atoms with E-state index in [9.17, 15) is 4.79 Å². The predicted molar refractivity (Wildman–Crippen MR) is 60.4 cm³/mol. The third-order valence-electron chi connectivity index (χ3n) is 1.72. The highest BCUT2D eigenvalue weighted by atomic mass is 32.2. The molecule has 0 saturated carbocycles. The Balaban J connectivity index is 2.28. The molecular weight excluding hydrogens is 212 g/mol. The molecule has 0 N–H and O–H groups in total.